The normalized spacial score (nSPS) is 20.0. The van der Waals surface area contributed by atoms with Gasteiger partial charge in [-0.2, -0.15) is 0 Å². The Balaban J connectivity index is 1.33. The Morgan fingerprint density at radius 2 is 1.88 bits per heavy atom. The maximum Gasteiger partial charge on any atom is 0.307 e. The van der Waals surface area contributed by atoms with Crippen LogP contribution in [0.3, 0.4) is 0 Å². The van der Waals surface area contributed by atoms with Gasteiger partial charge in [-0.25, -0.2) is 12.7 Å². The summed E-state index contributed by atoms with van der Waals surface area (Å²) in [7, 11) is -3.60. The third-order valence-corrected chi connectivity index (χ3v) is 8.81. The zero-order chi connectivity index (χ0) is 22.7. The van der Waals surface area contributed by atoms with E-state index in [1.165, 1.54) is 4.31 Å². The number of aromatic nitrogens is 1. The summed E-state index contributed by atoms with van der Waals surface area (Å²) in [4.78, 5) is 16.3. The average molecular weight is 461 g/mol. The van der Waals surface area contributed by atoms with Crippen LogP contribution in [0.25, 0.3) is 10.9 Å². The van der Waals surface area contributed by atoms with Crippen molar-refractivity contribution >= 4 is 26.9 Å². The van der Waals surface area contributed by atoms with Crippen molar-refractivity contribution in [3.63, 3.8) is 0 Å². The minimum atomic E-state index is -3.60. The fourth-order valence-electron chi connectivity index (χ4n) is 5.10. The summed E-state index contributed by atoms with van der Waals surface area (Å²) >= 11 is 0. The molecule has 174 valence electrons. The molecule has 1 aromatic carbocycles. The molecular formula is C24H32N2O5S. The number of hydrogen-bond acceptors (Lipinski definition) is 5. The van der Waals surface area contributed by atoms with Crippen molar-refractivity contribution in [2.24, 2.45) is 11.8 Å². The van der Waals surface area contributed by atoms with Crippen molar-refractivity contribution in [3.05, 3.63) is 41.6 Å². The molecule has 0 radical (unpaired) electrons. The Labute approximate surface area is 189 Å². The molecule has 1 aliphatic heterocycles. The number of carbonyl (C=O) groups is 1. The molecule has 0 bridgehead atoms. The molecule has 1 saturated carbocycles. The van der Waals surface area contributed by atoms with Crippen molar-refractivity contribution in [1.29, 1.82) is 0 Å². The second-order valence-electron chi connectivity index (χ2n) is 9.12. The molecular weight excluding hydrogens is 428 g/mol. The van der Waals surface area contributed by atoms with E-state index in [0.717, 1.165) is 47.8 Å². The number of benzene rings is 1. The number of piperidine rings is 1. The highest BCUT2D eigenvalue weighted by Gasteiger charge is 2.37. The van der Waals surface area contributed by atoms with Gasteiger partial charge in [-0.1, -0.05) is 31.0 Å². The molecule has 32 heavy (non-hydrogen) atoms. The molecule has 1 atom stereocenters. The highest BCUT2D eigenvalue weighted by molar-refractivity contribution is 7.89. The van der Waals surface area contributed by atoms with Gasteiger partial charge in [-0.15, -0.1) is 0 Å². The number of aryl methyl sites for hydroxylation is 1. The van der Waals surface area contributed by atoms with Gasteiger partial charge < -0.3 is 9.84 Å². The van der Waals surface area contributed by atoms with Crippen LogP contribution in [-0.4, -0.2) is 53.7 Å². The third kappa shape index (κ3) is 5.30. The first-order chi connectivity index (χ1) is 15.3. The lowest BCUT2D eigenvalue weighted by molar-refractivity contribution is -0.142. The number of aliphatic carboxylic acids is 1. The summed E-state index contributed by atoms with van der Waals surface area (Å²) in [5.41, 5.74) is 2.98. The molecule has 1 N–H and O–H groups in total. The first-order valence-electron chi connectivity index (χ1n) is 11.5. The summed E-state index contributed by atoms with van der Waals surface area (Å²) < 4.78 is 33.5. The van der Waals surface area contributed by atoms with Gasteiger partial charge in [0.05, 0.1) is 29.9 Å². The second kappa shape index (κ2) is 9.85. The lowest BCUT2D eigenvalue weighted by atomic mass is 9.93. The number of carboxylic acid groups (broad SMARTS) is 1. The first-order valence-corrected chi connectivity index (χ1v) is 13.1. The third-order valence-electron chi connectivity index (χ3n) is 6.88. The van der Waals surface area contributed by atoms with Gasteiger partial charge in [0.1, 0.15) is 0 Å². The largest absolute Gasteiger partial charge is 0.481 e. The number of hydrogen-bond donors (Lipinski definition) is 1. The van der Waals surface area contributed by atoms with Crippen molar-refractivity contribution in [2.75, 3.05) is 18.8 Å². The zero-order valence-corrected chi connectivity index (χ0v) is 19.4. The van der Waals surface area contributed by atoms with E-state index in [9.17, 15) is 18.3 Å². The van der Waals surface area contributed by atoms with Crippen LogP contribution >= 0.6 is 0 Å². The number of sulfonamides is 1. The average Bonchev–Trinajstić information content (AvgIpc) is 3.30. The van der Waals surface area contributed by atoms with Crippen LogP contribution in [0.2, 0.25) is 0 Å². The van der Waals surface area contributed by atoms with Gasteiger partial charge >= 0.3 is 5.97 Å². The summed E-state index contributed by atoms with van der Waals surface area (Å²) in [6, 6.07) is 10.0. The van der Waals surface area contributed by atoms with Crippen molar-refractivity contribution in [1.82, 2.24) is 9.29 Å². The number of ether oxygens (including phenoxy) is 1. The van der Waals surface area contributed by atoms with E-state index in [0.29, 0.717) is 32.5 Å². The van der Waals surface area contributed by atoms with E-state index >= 15 is 0 Å². The number of para-hydroxylation sites is 1. The molecule has 7 nitrogen and oxygen atoms in total. The molecule has 1 saturated heterocycles. The lowest BCUT2D eigenvalue weighted by Crippen LogP contribution is -2.44. The molecule has 1 aliphatic carbocycles. The highest BCUT2D eigenvalue weighted by Crippen LogP contribution is 2.33. The summed E-state index contributed by atoms with van der Waals surface area (Å²) in [5.74, 6) is -2.11. The minimum Gasteiger partial charge on any atom is -0.481 e. The van der Waals surface area contributed by atoms with Gasteiger partial charge in [0.25, 0.3) is 0 Å². The van der Waals surface area contributed by atoms with Gasteiger partial charge in [0.2, 0.25) is 10.0 Å². The van der Waals surface area contributed by atoms with E-state index in [1.54, 1.807) is 0 Å². The van der Waals surface area contributed by atoms with Gasteiger partial charge in [0.15, 0.2) is 0 Å². The predicted octanol–water partition coefficient (Wildman–Crippen LogP) is 3.75. The van der Waals surface area contributed by atoms with E-state index in [2.05, 4.69) is 4.98 Å². The van der Waals surface area contributed by atoms with Crippen LogP contribution in [0.1, 0.15) is 49.8 Å². The van der Waals surface area contributed by atoms with Crippen LogP contribution < -0.4 is 0 Å². The molecule has 2 heterocycles. The number of rotatable bonds is 8. The number of fused-ring (bicyclic) bond motifs is 1. The maximum absolute atomic E-state index is 12.9. The summed E-state index contributed by atoms with van der Waals surface area (Å²) in [6.07, 6.45) is 4.81. The first kappa shape index (κ1) is 23.1. The Morgan fingerprint density at radius 1 is 1.19 bits per heavy atom. The molecule has 2 fully saturated rings. The van der Waals surface area contributed by atoms with Crippen molar-refractivity contribution < 1.29 is 23.1 Å². The van der Waals surface area contributed by atoms with Crippen molar-refractivity contribution in [2.45, 2.75) is 58.2 Å². The predicted molar refractivity (Wildman–Crippen MR) is 123 cm³/mol. The van der Waals surface area contributed by atoms with E-state index in [-0.39, 0.29) is 17.8 Å². The van der Waals surface area contributed by atoms with Gasteiger partial charge in [-0.05, 0) is 56.2 Å². The Hall–Kier alpha value is -2.03. The molecule has 2 aliphatic rings. The molecule has 0 spiro atoms. The Kier molecular flexibility index (Phi) is 7.12. The fourth-order valence-corrected chi connectivity index (χ4v) is 6.95. The van der Waals surface area contributed by atoms with Gasteiger partial charge in [-0.3, -0.25) is 9.78 Å². The van der Waals surface area contributed by atoms with Crippen LogP contribution in [-0.2, 0) is 26.2 Å². The Bertz CT molecular complexity index is 1060. The molecule has 1 aromatic heterocycles. The number of nitrogens with zero attached hydrogens (tertiary/aromatic N) is 2. The number of pyridine rings is 1. The molecule has 0 unspecified atom stereocenters. The monoisotopic (exact) mass is 460 g/mol. The molecule has 8 heteroatoms. The zero-order valence-electron chi connectivity index (χ0n) is 18.6. The van der Waals surface area contributed by atoms with Crippen LogP contribution in [0.5, 0.6) is 0 Å². The standard InChI is InChI=1S/C24H32N2O5S/c1-17-14-19(21-8-4-5-9-23(21)25-17)15-31-20-10-12-26(13-11-20)32(29,30)16-22(24(27)28)18-6-2-3-7-18/h4-5,8-9,14,18,20,22H,2-3,6-7,10-13,15-16H2,1H3,(H,27,28)/t22-/m1/s1. The molecule has 4 rings (SSSR count). The van der Waals surface area contributed by atoms with Crippen LogP contribution in [0.4, 0.5) is 0 Å². The van der Waals surface area contributed by atoms with E-state index in [1.807, 2.05) is 37.3 Å². The van der Waals surface area contributed by atoms with Crippen LogP contribution in [0.15, 0.2) is 30.3 Å². The molecule has 0 amide bonds. The minimum absolute atomic E-state index is 0.0150. The van der Waals surface area contributed by atoms with Crippen LogP contribution in [0, 0.1) is 18.8 Å². The highest BCUT2D eigenvalue weighted by atomic mass is 32.2. The van der Waals surface area contributed by atoms with Crippen molar-refractivity contribution in [3.8, 4) is 0 Å². The number of carboxylic acids is 1. The molecule has 2 aromatic rings. The van der Waals surface area contributed by atoms with E-state index < -0.39 is 21.9 Å². The van der Waals surface area contributed by atoms with Gasteiger partial charge in [0, 0.05) is 24.2 Å². The Morgan fingerprint density at radius 3 is 2.56 bits per heavy atom. The maximum atomic E-state index is 12.9. The topological polar surface area (TPSA) is 96.8 Å². The second-order valence-corrected chi connectivity index (χ2v) is 11.1. The quantitative estimate of drug-likeness (QED) is 0.645. The fraction of sp³-hybridized carbons (Fsp3) is 0.583. The SMILES string of the molecule is Cc1cc(COC2CCN(S(=O)(=O)C[C@@H](C(=O)O)C3CCCC3)CC2)c2ccccc2n1. The summed E-state index contributed by atoms with van der Waals surface area (Å²) in [6.45, 7) is 3.18. The van der Waals surface area contributed by atoms with E-state index in [4.69, 9.17) is 4.74 Å². The lowest BCUT2D eigenvalue weighted by Gasteiger charge is -2.32. The summed E-state index contributed by atoms with van der Waals surface area (Å²) in [5, 5.41) is 10.7. The smallest absolute Gasteiger partial charge is 0.307 e.